The second kappa shape index (κ2) is 7.83. The maximum atomic E-state index is 9.15. The van der Waals surface area contributed by atoms with Crippen molar-refractivity contribution in [3.8, 4) is 33.4 Å². The molecule has 0 aliphatic rings. The lowest BCUT2D eigenvalue weighted by molar-refractivity contribution is 1.61. The summed E-state index contributed by atoms with van der Waals surface area (Å²) in [6.45, 7) is 0. The van der Waals surface area contributed by atoms with Crippen molar-refractivity contribution < 1.29 is 30.2 Å². The van der Waals surface area contributed by atoms with E-state index in [1.807, 2.05) is 0 Å². The molecule has 0 radical (unpaired) electrons. The predicted octanol–water partition coefficient (Wildman–Crippen LogP) is 8.99. The van der Waals surface area contributed by atoms with E-state index in [1.54, 1.807) is 0 Å². The Hall–Kier alpha value is -4.16. The molecule has 0 spiro atoms. The highest BCUT2D eigenvalue weighted by atomic mass is 14.2. The molecule has 0 aliphatic carbocycles. The van der Waals surface area contributed by atoms with Crippen molar-refractivity contribution >= 4 is 21.5 Å². The van der Waals surface area contributed by atoms with Gasteiger partial charge in [0.15, 0.2) is 0 Å². The van der Waals surface area contributed by atoms with Crippen LogP contribution in [-0.4, -0.2) is 0 Å². The summed E-state index contributed by atoms with van der Waals surface area (Å²) in [5.74, 6) is 0. The lowest BCUT2D eigenvalue weighted by Crippen LogP contribution is -1.90. The van der Waals surface area contributed by atoms with E-state index in [-0.39, 0.29) is 0 Å². The monoisotopic (exact) mass is 428 g/mol. The molecule has 150 valence electrons. The maximum absolute atomic E-state index is 9.15. The molecular formula is C32H22. The zero-order valence-electron chi connectivity index (χ0n) is 38.0. The molecule has 0 unspecified atom stereocenters. The van der Waals surface area contributed by atoms with Gasteiger partial charge in [-0.25, -0.2) is 0 Å². The van der Waals surface area contributed by atoms with Gasteiger partial charge in [0.25, 0.3) is 0 Å². The van der Waals surface area contributed by atoms with E-state index < -0.39 is 188 Å². The van der Waals surface area contributed by atoms with Gasteiger partial charge in [0.2, 0.25) is 0 Å². The van der Waals surface area contributed by atoms with Gasteiger partial charge in [-0.15, -0.1) is 0 Å². The topological polar surface area (TPSA) is 0 Å². The van der Waals surface area contributed by atoms with E-state index >= 15 is 0 Å². The van der Waals surface area contributed by atoms with Crippen LogP contribution in [0.25, 0.3) is 54.9 Å². The third-order valence-electron chi connectivity index (χ3n) is 4.75. The number of hydrogen-bond acceptors (Lipinski definition) is 0. The SMILES string of the molecule is [2H]c1c([2H])c([2H])c(-c2c([2H])c([2H])c(-c3c4c([2H])c([2H])c([2H])c([2H])c4c(-c4c([2H])c([2H])c([2H])c([2H])c4[2H])c4c([2H])c([2H])c([2H])c([2H])c34)c([2H])c2[2H])c([2H])c1[2H]. The minimum atomic E-state index is -0.990. The third kappa shape index (κ3) is 3.09. The van der Waals surface area contributed by atoms with Crippen LogP contribution in [-0.2, 0) is 0 Å². The van der Waals surface area contributed by atoms with Crippen molar-refractivity contribution in [2.75, 3.05) is 0 Å². The molecule has 0 aliphatic heterocycles. The first-order valence-electron chi connectivity index (χ1n) is 20.2. The van der Waals surface area contributed by atoms with Gasteiger partial charge < -0.3 is 0 Å². The summed E-state index contributed by atoms with van der Waals surface area (Å²) in [6.07, 6.45) is 0. The van der Waals surface area contributed by atoms with E-state index in [0.29, 0.717) is 0 Å². The highest BCUT2D eigenvalue weighted by Gasteiger charge is 2.16. The van der Waals surface area contributed by atoms with Gasteiger partial charge in [0.1, 0.15) is 0 Å². The molecule has 6 aromatic rings. The molecule has 0 atom stereocenters. The molecule has 0 heteroatoms. The van der Waals surface area contributed by atoms with Crippen LogP contribution in [0.1, 0.15) is 30.2 Å². The minimum Gasteiger partial charge on any atom is -0.0622 e. The molecule has 6 aromatic carbocycles. The summed E-state index contributed by atoms with van der Waals surface area (Å²) in [5, 5.41) is -2.54. The Labute approximate surface area is 219 Å². The van der Waals surface area contributed by atoms with Crippen molar-refractivity contribution in [2.45, 2.75) is 0 Å². The Balaban J connectivity index is 2.01. The second-order valence-corrected chi connectivity index (χ2v) is 6.50. The van der Waals surface area contributed by atoms with Crippen molar-refractivity contribution in [1.29, 1.82) is 0 Å². The zero-order chi connectivity index (χ0) is 40.5. The quantitative estimate of drug-likeness (QED) is 0.247. The van der Waals surface area contributed by atoms with Gasteiger partial charge in [0.05, 0.1) is 30.2 Å². The molecule has 0 N–H and O–H groups in total. The predicted molar refractivity (Wildman–Crippen MR) is 138 cm³/mol. The lowest BCUT2D eigenvalue weighted by Gasteiger charge is -2.18. The molecule has 0 aromatic heterocycles. The Morgan fingerprint density at radius 2 is 0.562 bits per heavy atom. The molecule has 0 saturated heterocycles. The maximum Gasteiger partial charge on any atom is 0.0629 e. The summed E-state index contributed by atoms with van der Waals surface area (Å²) in [4.78, 5) is 0. The van der Waals surface area contributed by atoms with Gasteiger partial charge in [-0.3, -0.25) is 0 Å². The van der Waals surface area contributed by atoms with Crippen LogP contribution in [0, 0.1) is 0 Å². The first kappa shape index (κ1) is 6.67. The highest BCUT2D eigenvalue weighted by Crippen LogP contribution is 2.43. The van der Waals surface area contributed by atoms with Crippen LogP contribution in [0.5, 0.6) is 0 Å². The van der Waals surface area contributed by atoms with E-state index in [9.17, 15) is 0 Å². The average Bonchev–Trinajstić information content (AvgIpc) is 3.14. The van der Waals surface area contributed by atoms with Crippen molar-refractivity contribution in [3.05, 3.63) is 133 Å². The van der Waals surface area contributed by atoms with E-state index in [4.69, 9.17) is 30.2 Å². The van der Waals surface area contributed by atoms with Gasteiger partial charge in [-0.2, -0.15) is 0 Å². The molecular weight excluding hydrogens is 384 g/mol. The summed E-state index contributed by atoms with van der Waals surface area (Å²) in [7, 11) is 0. The third-order valence-corrected chi connectivity index (χ3v) is 4.75. The fraction of sp³-hybridized carbons (Fsp3) is 0. The minimum absolute atomic E-state index is 0.606. The standard InChI is InChI=1S/C32H22/c1-3-11-23(12-4-1)24-19-21-26(22-20-24)32-29-17-9-7-15-27(29)31(25-13-5-2-6-14-25)28-16-8-10-18-30(28)32/h1-22H/i1D,2D,3D,4D,5D,6D,7D,8D,9D,10D,11D,12D,13D,14D,15D,16D,17D,18D,19D,20D,21D,22D. The van der Waals surface area contributed by atoms with Crippen LogP contribution in [0.2, 0.25) is 0 Å². The van der Waals surface area contributed by atoms with Gasteiger partial charge >= 0.3 is 0 Å². The Morgan fingerprint density at radius 3 is 1.00 bits per heavy atom. The molecule has 0 nitrogen and oxygen atoms in total. The molecule has 6 rings (SSSR count). The average molecular weight is 429 g/mol. The normalized spacial score (nSPS) is 20.8. The molecule has 32 heavy (non-hydrogen) atoms. The van der Waals surface area contributed by atoms with Crippen LogP contribution >= 0.6 is 0 Å². The van der Waals surface area contributed by atoms with Crippen molar-refractivity contribution in [1.82, 2.24) is 0 Å². The summed E-state index contributed by atoms with van der Waals surface area (Å²) in [6, 6.07) is -19.6. The first-order chi connectivity index (χ1) is 25.0. The van der Waals surface area contributed by atoms with Gasteiger partial charge in [-0.1, -0.05) is 133 Å². The van der Waals surface area contributed by atoms with Crippen molar-refractivity contribution in [3.63, 3.8) is 0 Å². The molecule has 0 saturated carbocycles. The van der Waals surface area contributed by atoms with Crippen LogP contribution in [0.15, 0.2) is 133 Å². The Morgan fingerprint density at radius 1 is 0.281 bits per heavy atom. The lowest BCUT2D eigenvalue weighted by atomic mass is 9.86. The first-order valence-corrected chi connectivity index (χ1v) is 9.25. The van der Waals surface area contributed by atoms with Crippen molar-refractivity contribution in [2.24, 2.45) is 0 Å². The highest BCUT2D eigenvalue weighted by molar-refractivity contribution is 6.21. The molecule has 0 fully saturated rings. The van der Waals surface area contributed by atoms with E-state index in [2.05, 4.69) is 0 Å². The summed E-state index contributed by atoms with van der Waals surface area (Å²) < 4.78 is 190. The summed E-state index contributed by atoms with van der Waals surface area (Å²) >= 11 is 0. The zero-order valence-corrected chi connectivity index (χ0v) is 16.0. The molecule has 0 amide bonds. The number of rotatable bonds is 3. The van der Waals surface area contributed by atoms with Crippen LogP contribution in [0.3, 0.4) is 0 Å². The van der Waals surface area contributed by atoms with E-state index in [1.165, 1.54) is 0 Å². The number of fused-ring (bicyclic) bond motifs is 2. The Bertz CT molecular complexity index is 2570. The Kier molecular flexibility index (Phi) is 1.63. The molecule has 0 bridgehead atoms. The van der Waals surface area contributed by atoms with Crippen LogP contribution < -0.4 is 0 Å². The summed E-state index contributed by atoms with van der Waals surface area (Å²) in [5.41, 5.74) is -4.11. The van der Waals surface area contributed by atoms with Crippen LogP contribution in [0.4, 0.5) is 0 Å². The number of hydrogen-bond donors (Lipinski definition) is 0. The number of benzene rings is 6. The van der Waals surface area contributed by atoms with Gasteiger partial charge in [0, 0.05) is 0 Å². The fourth-order valence-corrected chi connectivity index (χ4v) is 3.44. The second-order valence-electron chi connectivity index (χ2n) is 6.50. The largest absolute Gasteiger partial charge is 0.0629 e. The van der Waals surface area contributed by atoms with E-state index in [0.717, 1.165) is 0 Å². The smallest absolute Gasteiger partial charge is 0.0622 e. The molecule has 0 heterocycles. The van der Waals surface area contributed by atoms with Gasteiger partial charge in [-0.05, 0) is 54.9 Å². The fourth-order valence-electron chi connectivity index (χ4n) is 3.44.